The van der Waals surface area contributed by atoms with Gasteiger partial charge in [-0.15, -0.1) is 0 Å². The van der Waals surface area contributed by atoms with Crippen LogP contribution in [0, 0.1) is 0 Å². The number of hydrogen-bond acceptors (Lipinski definition) is 6. The van der Waals surface area contributed by atoms with Gasteiger partial charge in [-0.2, -0.15) is 0 Å². The molecule has 0 fully saturated rings. The molecule has 0 spiro atoms. The van der Waals surface area contributed by atoms with Gasteiger partial charge in [0, 0.05) is 19.1 Å². The lowest BCUT2D eigenvalue weighted by Gasteiger charge is -2.14. The van der Waals surface area contributed by atoms with Gasteiger partial charge in [0.05, 0.1) is 46.2 Å². The largest absolute Gasteiger partial charge is 0.449 e. The van der Waals surface area contributed by atoms with Crippen molar-refractivity contribution in [1.29, 1.82) is 0 Å². The maximum Gasteiger partial charge on any atom is 0.407 e. The maximum atomic E-state index is 12.2. The van der Waals surface area contributed by atoms with Gasteiger partial charge in [-0.3, -0.25) is 0 Å². The van der Waals surface area contributed by atoms with Crippen LogP contribution in [0.25, 0.3) is 11.1 Å². The first-order valence-corrected chi connectivity index (χ1v) is 13.7. The van der Waals surface area contributed by atoms with Gasteiger partial charge < -0.3 is 29.0 Å². The van der Waals surface area contributed by atoms with E-state index in [1.54, 1.807) is 0 Å². The topological polar surface area (TPSA) is 75.3 Å². The van der Waals surface area contributed by atoms with Gasteiger partial charge in [0.25, 0.3) is 0 Å². The van der Waals surface area contributed by atoms with Crippen molar-refractivity contribution in [3.8, 4) is 11.1 Å². The molecule has 2 aromatic carbocycles. The third-order valence-electron chi connectivity index (χ3n) is 6.37. The van der Waals surface area contributed by atoms with Crippen molar-refractivity contribution in [3.63, 3.8) is 0 Å². The number of carbonyl (C=O) groups excluding carboxylic acids is 1. The minimum absolute atomic E-state index is 0.0587. The summed E-state index contributed by atoms with van der Waals surface area (Å²) in [6, 6.07) is 16.6. The molecule has 204 valence electrons. The second kappa shape index (κ2) is 17.9. The Morgan fingerprint density at radius 1 is 0.676 bits per heavy atom. The van der Waals surface area contributed by atoms with Gasteiger partial charge in [-0.1, -0.05) is 81.1 Å². The molecule has 0 saturated carbocycles. The number of amides is 1. The van der Waals surface area contributed by atoms with E-state index in [1.165, 1.54) is 47.9 Å². The summed E-state index contributed by atoms with van der Waals surface area (Å²) in [6.45, 7) is 7.39. The fourth-order valence-corrected chi connectivity index (χ4v) is 4.44. The molecule has 1 N–H and O–H groups in total. The van der Waals surface area contributed by atoms with Crippen LogP contribution in [0.3, 0.4) is 0 Å². The van der Waals surface area contributed by atoms with Crippen molar-refractivity contribution in [3.05, 3.63) is 59.7 Å². The quantitative estimate of drug-likeness (QED) is 0.234. The van der Waals surface area contributed by atoms with Crippen LogP contribution < -0.4 is 5.32 Å². The number of benzene rings is 2. The summed E-state index contributed by atoms with van der Waals surface area (Å²) in [5, 5.41) is 2.75. The number of rotatable bonds is 20. The molecule has 0 heterocycles. The molecule has 1 aliphatic rings. The first-order valence-electron chi connectivity index (χ1n) is 13.7. The van der Waals surface area contributed by atoms with Crippen molar-refractivity contribution in [2.45, 2.75) is 44.9 Å². The predicted octanol–water partition coefficient (Wildman–Crippen LogP) is 5.56. The molecule has 0 radical (unpaired) electrons. The summed E-state index contributed by atoms with van der Waals surface area (Å²) in [5.41, 5.74) is 4.83. The van der Waals surface area contributed by atoms with E-state index >= 15 is 0 Å². The van der Waals surface area contributed by atoms with E-state index < -0.39 is 6.09 Å². The van der Waals surface area contributed by atoms with Crippen molar-refractivity contribution >= 4 is 6.09 Å². The molecule has 37 heavy (non-hydrogen) atoms. The Morgan fingerprint density at radius 2 is 1.19 bits per heavy atom. The zero-order valence-corrected chi connectivity index (χ0v) is 22.3. The van der Waals surface area contributed by atoms with Gasteiger partial charge in [0.1, 0.15) is 6.61 Å². The highest BCUT2D eigenvalue weighted by atomic mass is 16.6. The lowest BCUT2D eigenvalue weighted by Crippen LogP contribution is -2.29. The van der Waals surface area contributed by atoms with Crippen molar-refractivity contribution in [1.82, 2.24) is 5.32 Å². The molecule has 1 amide bonds. The SMILES string of the molecule is CCCCCCCOCCOCCOCCOCCNC(=O)OCC1c2ccccc2-c2ccccc21. The molecule has 1 aliphatic carbocycles. The first kappa shape index (κ1) is 29.1. The molecule has 0 aliphatic heterocycles. The second-order valence-electron chi connectivity index (χ2n) is 9.12. The zero-order valence-electron chi connectivity index (χ0n) is 22.3. The lowest BCUT2D eigenvalue weighted by atomic mass is 9.98. The summed E-state index contributed by atoms with van der Waals surface area (Å²) >= 11 is 0. The van der Waals surface area contributed by atoms with Crippen LogP contribution in [0.1, 0.15) is 56.1 Å². The highest BCUT2D eigenvalue weighted by Crippen LogP contribution is 2.44. The first-order chi connectivity index (χ1) is 18.3. The van der Waals surface area contributed by atoms with Crippen molar-refractivity contribution in [2.24, 2.45) is 0 Å². The molecule has 0 bridgehead atoms. The summed E-state index contributed by atoms with van der Waals surface area (Å²) in [6.07, 6.45) is 5.82. The van der Waals surface area contributed by atoms with Gasteiger partial charge >= 0.3 is 6.09 Å². The number of unbranched alkanes of at least 4 members (excludes halogenated alkanes) is 4. The predicted molar refractivity (Wildman–Crippen MR) is 145 cm³/mol. The Morgan fingerprint density at radius 3 is 1.78 bits per heavy atom. The van der Waals surface area contributed by atoms with E-state index in [0.29, 0.717) is 59.4 Å². The van der Waals surface area contributed by atoms with Crippen LogP contribution in [0.2, 0.25) is 0 Å². The summed E-state index contributed by atoms with van der Waals surface area (Å²) in [7, 11) is 0. The van der Waals surface area contributed by atoms with E-state index in [1.807, 2.05) is 24.3 Å². The number of hydrogen-bond donors (Lipinski definition) is 1. The van der Waals surface area contributed by atoms with Crippen LogP contribution in [-0.4, -0.2) is 72.1 Å². The Hall–Kier alpha value is -2.45. The fraction of sp³-hybridized carbons (Fsp3) is 0.567. The van der Waals surface area contributed by atoms with E-state index in [4.69, 9.17) is 23.7 Å². The summed E-state index contributed by atoms with van der Waals surface area (Å²) in [5.74, 6) is 0.0587. The molecule has 3 rings (SSSR count). The van der Waals surface area contributed by atoms with E-state index in [2.05, 4.69) is 36.5 Å². The van der Waals surface area contributed by atoms with Crippen LogP contribution in [0.4, 0.5) is 4.79 Å². The Balaban J connectivity index is 1.12. The smallest absolute Gasteiger partial charge is 0.407 e. The third-order valence-corrected chi connectivity index (χ3v) is 6.37. The number of alkyl carbamates (subject to hydrolysis) is 1. The van der Waals surface area contributed by atoms with Gasteiger partial charge in [-0.25, -0.2) is 4.79 Å². The zero-order chi connectivity index (χ0) is 26.0. The van der Waals surface area contributed by atoms with Gasteiger partial charge in [-0.05, 0) is 28.7 Å². The van der Waals surface area contributed by atoms with Gasteiger partial charge in [0.15, 0.2) is 0 Å². The molecular weight excluding hydrogens is 470 g/mol. The molecule has 0 saturated heterocycles. The lowest BCUT2D eigenvalue weighted by molar-refractivity contribution is -0.00181. The standard InChI is InChI=1S/C30H43NO6/c1-2-3-4-5-10-16-33-18-20-35-22-23-36-21-19-34-17-15-31-30(32)37-24-29-27-13-8-6-11-25(27)26-12-7-9-14-28(26)29/h6-9,11-14,29H,2-5,10,15-24H2,1H3,(H,31,32). The van der Waals surface area contributed by atoms with Crippen LogP contribution in [-0.2, 0) is 23.7 Å². The van der Waals surface area contributed by atoms with Crippen molar-refractivity contribution in [2.75, 3.05) is 66.0 Å². The fourth-order valence-electron chi connectivity index (χ4n) is 4.44. The number of carbonyl (C=O) groups is 1. The number of fused-ring (bicyclic) bond motifs is 3. The second-order valence-corrected chi connectivity index (χ2v) is 9.12. The molecule has 7 nitrogen and oxygen atoms in total. The van der Waals surface area contributed by atoms with Crippen molar-refractivity contribution < 1.29 is 28.5 Å². The molecule has 0 aromatic heterocycles. The monoisotopic (exact) mass is 513 g/mol. The average molecular weight is 514 g/mol. The molecule has 2 aromatic rings. The minimum atomic E-state index is -0.431. The van der Waals surface area contributed by atoms with Gasteiger partial charge in [0.2, 0.25) is 0 Å². The summed E-state index contributed by atoms with van der Waals surface area (Å²) in [4.78, 5) is 12.2. The Bertz CT molecular complexity index is 860. The van der Waals surface area contributed by atoms with Crippen LogP contribution in [0.15, 0.2) is 48.5 Å². The normalized spacial score (nSPS) is 12.4. The average Bonchev–Trinajstić information content (AvgIpc) is 3.25. The summed E-state index contributed by atoms with van der Waals surface area (Å²) < 4.78 is 27.6. The van der Waals surface area contributed by atoms with Crippen LogP contribution >= 0.6 is 0 Å². The number of ether oxygens (including phenoxy) is 5. The number of nitrogens with one attached hydrogen (secondary N) is 1. The highest BCUT2D eigenvalue weighted by molar-refractivity contribution is 5.79. The Kier molecular flexibility index (Phi) is 14.1. The third kappa shape index (κ3) is 10.4. The highest BCUT2D eigenvalue weighted by Gasteiger charge is 2.28. The Labute approximate surface area is 221 Å². The molecular formula is C30H43NO6. The minimum Gasteiger partial charge on any atom is -0.449 e. The molecule has 7 heteroatoms. The van der Waals surface area contributed by atoms with E-state index in [9.17, 15) is 4.79 Å². The van der Waals surface area contributed by atoms with E-state index in [0.717, 1.165) is 13.0 Å². The maximum absolute atomic E-state index is 12.2. The molecule has 0 unspecified atom stereocenters. The van der Waals surface area contributed by atoms with E-state index in [-0.39, 0.29) is 5.92 Å². The molecule has 0 atom stereocenters. The van der Waals surface area contributed by atoms with Crippen LogP contribution in [0.5, 0.6) is 0 Å².